The Morgan fingerprint density at radius 2 is 1.62 bits per heavy atom. The first kappa shape index (κ1) is 13.6. The monoisotopic (exact) mass is 298 g/mol. The van der Waals surface area contributed by atoms with Crippen molar-refractivity contribution in [1.29, 1.82) is 0 Å². The molecule has 1 aromatic heterocycles. The molecule has 2 aromatic carbocycles. The minimum Gasteiger partial charge on any atom is -0.236 e. The second-order valence-electron chi connectivity index (χ2n) is 4.73. The molecule has 0 N–H and O–H groups in total. The standard InChI is InChI=1S/C16H14N2O2S/c1-13-7-9-14(10-8-13)16-17-11-12-18(16)21(19,20)15-5-3-2-4-6-15/h2-12H,1H3. The zero-order chi connectivity index (χ0) is 14.9. The number of hydrogen-bond acceptors (Lipinski definition) is 3. The van der Waals surface area contributed by atoms with E-state index in [4.69, 9.17) is 0 Å². The SMILES string of the molecule is Cc1ccc(-c2nccn2S(=O)(=O)c2ccccc2)cc1. The van der Waals surface area contributed by atoms with Crippen LogP contribution in [0.5, 0.6) is 0 Å². The van der Waals surface area contributed by atoms with Gasteiger partial charge in [-0.25, -0.2) is 17.4 Å². The van der Waals surface area contributed by atoms with Gasteiger partial charge < -0.3 is 0 Å². The molecule has 0 aliphatic heterocycles. The molecule has 0 unspecified atom stereocenters. The largest absolute Gasteiger partial charge is 0.269 e. The van der Waals surface area contributed by atoms with E-state index in [0.717, 1.165) is 11.1 Å². The Kier molecular flexibility index (Phi) is 3.35. The van der Waals surface area contributed by atoms with Gasteiger partial charge in [0.15, 0.2) is 5.82 Å². The Bertz CT molecular complexity index is 851. The summed E-state index contributed by atoms with van der Waals surface area (Å²) in [7, 11) is -3.63. The van der Waals surface area contributed by atoms with Crippen LogP contribution in [0.1, 0.15) is 5.56 Å². The third-order valence-corrected chi connectivity index (χ3v) is 4.90. The van der Waals surface area contributed by atoms with Gasteiger partial charge in [0.2, 0.25) is 0 Å². The van der Waals surface area contributed by atoms with Gasteiger partial charge in [-0.05, 0) is 19.1 Å². The second kappa shape index (κ2) is 5.18. The zero-order valence-electron chi connectivity index (χ0n) is 11.5. The lowest BCUT2D eigenvalue weighted by molar-refractivity contribution is 0.588. The minimum atomic E-state index is -3.63. The summed E-state index contributed by atoms with van der Waals surface area (Å²) in [5.41, 5.74) is 1.88. The summed E-state index contributed by atoms with van der Waals surface area (Å²) in [4.78, 5) is 4.44. The van der Waals surface area contributed by atoms with Crippen LogP contribution in [0.4, 0.5) is 0 Å². The molecule has 3 rings (SSSR count). The molecule has 4 nitrogen and oxygen atoms in total. The molecular weight excluding hydrogens is 284 g/mol. The van der Waals surface area contributed by atoms with E-state index in [2.05, 4.69) is 4.98 Å². The molecule has 0 aliphatic rings. The van der Waals surface area contributed by atoms with Crippen LogP contribution in [0, 0.1) is 6.92 Å². The highest BCUT2D eigenvalue weighted by Gasteiger charge is 2.20. The molecule has 0 amide bonds. The molecule has 3 aromatic rings. The van der Waals surface area contributed by atoms with Gasteiger partial charge in [-0.3, -0.25) is 0 Å². The fourth-order valence-corrected chi connectivity index (χ4v) is 3.42. The number of imidazole rings is 1. The van der Waals surface area contributed by atoms with Gasteiger partial charge in [-0.2, -0.15) is 0 Å². The van der Waals surface area contributed by atoms with E-state index < -0.39 is 10.0 Å². The van der Waals surface area contributed by atoms with Gasteiger partial charge in [0.1, 0.15) is 0 Å². The average Bonchev–Trinajstić information content (AvgIpc) is 2.99. The Labute approximate surface area is 123 Å². The first-order chi connectivity index (χ1) is 10.1. The molecule has 0 saturated carbocycles. The quantitative estimate of drug-likeness (QED) is 0.746. The molecule has 0 fully saturated rings. The third-order valence-electron chi connectivity index (χ3n) is 3.22. The van der Waals surface area contributed by atoms with Crippen molar-refractivity contribution in [3.63, 3.8) is 0 Å². The molecule has 0 spiro atoms. The zero-order valence-corrected chi connectivity index (χ0v) is 12.3. The van der Waals surface area contributed by atoms with E-state index in [1.54, 1.807) is 30.3 Å². The molecule has 1 heterocycles. The highest BCUT2D eigenvalue weighted by atomic mass is 32.2. The lowest BCUT2D eigenvalue weighted by Gasteiger charge is -2.09. The number of rotatable bonds is 3. The maximum absolute atomic E-state index is 12.7. The smallest absolute Gasteiger partial charge is 0.236 e. The van der Waals surface area contributed by atoms with Gasteiger partial charge in [0, 0.05) is 18.0 Å². The summed E-state index contributed by atoms with van der Waals surface area (Å²) < 4.78 is 26.6. The molecule has 5 heteroatoms. The van der Waals surface area contributed by atoms with Crippen LogP contribution in [-0.2, 0) is 10.0 Å². The first-order valence-corrected chi connectivity index (χ1v) is 7.94. The summed E-state index contributed by atoms with van der Waals surface area (Å²) in [5.74, 6) is 0.416. The molecule has 21 heavy (non-hydrogen) atoms. The Morgan fingerprint density at radius 3 is 2.29 bits per heavy atom. The number of aromatic nitrogens is 2. The van der Waals surface area contributed by atoms with Crippen molar-refractivity contribution in [1.82, 2.24) is 8.96 Å². The average molecular weight is 298 g/mol. The second-order valence-corrected chi connectivity index (χ2v) is 6.55. The lowest BCUT2D eigenvalue weighted by Crippen LogP contribution is -2.13. The van der Waals surface area contributed by atoms with Crippen molar-refractivity contribution in [2.24, 2.45) is 0 Å². The highest BCUT2D eigenvalue weighted by Crippen LogP contribution is 2.23. The highest BCUT2D eigenvalue weighted by molar-refractivity contribution is 7.90. The minimum absolute atomic E-state index is 0.247. The van der Waals surface area contributed by atoms with Gasteiger partial charge in [0.25, 0.3) is 10.0 Å². The fourth-order valence-electron chi connectivity index (χ4n) is 2.10. The maximum Gasteiger partial charge on any atom is 0.269 e. The van der Waals surface area contributed by atoms with Crippen molar-refractivity contribution in [3.8, 4) is 11.4 Å². The number of benzene rings is 2. The van der Waals surface area contributed by atoms with Gasteiger partial charge in [-0.1, -0.05) is 48.0 Å². The number of nitrogens with zero attached hydrogens (tertiary/aromatic N) is 2. The first-order valence-electron chi connectivity index (χ1n) is 6.50. The number of aryl methyl sites for hydroxylation is 1. The molecule has 0 aliphatic carbocycles. The predicted octanol–water partition coefficient (Wildman–Crippen LogP) is 3.10. The Morgan fingerprint density at radius 1 is 0.952 bits per heavy atom. The Hall–Kier alpha value is -2.40. The van der Waals surface area contributed by atoms with Crippen LogP contribution in [0.2, 0.25) is 0 Å². The lowest BCUT2D eigenvalue weighted by atomic mass is 10.1. The van der Waals surface area contributed by atoms with Crippen LogP contribution >= 0.6 is 0 Å². The molecule has 0 bridgehead atoms. The van der Waals surface area contributed by atoms with Crippen molar-refractivity contribution in [2.75, 3.05) is 0 Å². The maximum atomic E-state index is 12.7. The van der Waals surface area contributed by atoms with E-state index >= 15 is 0 Å². The van der Waals surface area contributed by atoms with Crippen LogP contribution in [-0.4, -0.2) is 17.4 Å². The van der Waals surface area contributed by atoms with Gasteiger partial charge in [0.05, 0.1) is 4.90 Å². The van der Waals surface area contributed by atoms with E-state index in [0.29, 0.717) is 5.82 Å². The van der Waals surface area contributed by atoms with Gasteiger partial charge in [-0.15, -0.1) is 0 Å². The van der Waals surface area contributed by atoms with Crippen LogP contribution in [0.15, 0.2) is 71.9 Å². The summed E-state index contributed by atoms with van der Waals surface area (Å²) >= 11 is 0. The summed E-state index contributed by atoms with van der Waals surface area (Å²) in [6.07, 6.45) is 2.97. The number of hydrogen-bond donors (Lipinski definition) is 0. The van der Waals surface area contributed by atoms with Crippen LogP contribution in [0.25, 0.3) is 11.4 Å². The third kappa shape index (κ3) is 2.48. The Balaban J connectivity index is 2.13. The molecule has 106 valence electrons. The molecule has 0 atom stereocenters. The van der Waals surface area contributed by atoms with E-state index in [1.807, 2.05) is 31.2 Å². The normalized spacial score (nSPS) is 11.5. The summed E-state index contributed by atoms with van der Waals surface area (Å²) in [5, 5.41) is 0. The summed E-state index contributed by atoms with van der Waals surface area (Å²) in [6, 6.07) is 16.0. The summed E-state index contributed by atoms with van der Waals surface area (Å²) in [6.45, 7) is 1.98. The van der Waals surface area contributed by atoms with Crippen molar-refractivity contribution in [2.45, 2.75) is 11.8 Å². The predicted molar refractivity (Wildman–Crippen MR) is 81.4 cm³/mol. The van der Waals surface area contributed by atoms with Crippen molar-refractivity contribution >= 4 is 10.0 Å². The fraction of sp³-hybridized carbons (Fsp3) is 0.0625. The topological polar surface area (TPSA) is 52.0 Å². The van der Waals surface area contributed by atoms with Crippen molar-refractivity contribution < 1.29 is 8.42 Å². The molecule has 0 saturated heterocycles. The van der Waals surface area contributed by atoms with E-state index in [-0.39, 0.29) is 4.90 Å². The van der Waals surface area contributed by atoms with Crippen molar-refractivity contribution in [3.05, 3.63) is 72.6 Å². The van der Waals surface area contributed by atoms with Gasteiger partial charge >= 0.3 is 0 Å². The van der Waals surface area contributed by atoms with Crippen LogP contribution < -0.4 is 0 Å². The van der Waals surface area contributed by atoms with E-state index in [9.17, 15) is 8.42 Å². The molecular formula is C16H14N2O2S. The van der Waals surface area contributed by atoms with Crippen LogP contribution in [0.3, 0.4) is 0 Å². The molecule has 0 radical (unpaired) electrons. The van der Waals surface area contributed by atoms with E-state index in [1.165, 1.54) is 16.4 Å².